The molecule has 0 amide bonds. The molecule has 11 aromatic carbocycles. The second-order valence-corrected chi connectivity index (χ2v) is 22.9. The number of aromatic nitrogens is 1. The van der Waals surface area contributed by atoms with Gasteiger partial charge in [0.1, 0.15) is 11.5 Å². The quantitative estimate of drug-likeness (QED) is 0.157. The number of nitrogens with zero attached hydrogens (tertiary/aromatic N) is 1. The van der Waals surface area contributed by atoms with Crippen molar-refractivity contribution in [2.45, 2.75) is 19.3 Å². The maximum atomic E-state index is 7.11. The van der Waals surface area contributed by atoms with Crippen molar-refractivity contribution in [1.82, 2.24) is 4.57 Å². The molecule has 0 N–H and O–H groups in total. The van der Waals surface area contributed by atoms with Crippen LogP contribution in [0.3, 0.4) is 0 Å². The summed E-state index contributed by atoms with van der Waals surface area (Å²) in [5.41, 5.74) is 13.5. The van der Waals surface area contributed by atoms with Gasteiger partial charge in [0, 0.05) is 21.9 Å². The highest BCUT2D eigenvalue weighted by molar-refractivity contribution is 7.20. The number of rotatable bonds is 5. The van der Waals surface area contributed by atoms with Crippen LogP contribution in [0, 0.1) is 0 Å². The monoisotopic (exact) mass is 883 g/mol. The number of hydrogen-bond acceptors (Lipinski definition) is 1. The van der Waals surface area contributed by atoms with Crippen LogP contribution in [0.15, 0.2) is 237 Å². The van der Waals surface area contributed by atoms with Gasteiger partial charge in [0.2, 0.25) is 0 Å². The first-order valence-corrected chi connectivity index (χ1v) is 25.7. The third kappa shape index (κ3) is 5.57. The van der Waals surface area contributed by atoms with Gasteiger partial charge in [-0.3, -0.25) is 0 Å². The lowest BCUT2D eigenvalue weighted by molar-refractivity contribution is 0.487. The second-order valence-electron chi connectivity index (χ2n) is 19.2. The summed E-state index contributed by atoms with van der Waals surface area (Å²) >= 11 is 0. The van der Waals surface area contributed by atoms with Crippen LogP contribution in [0.5, 0.6) is 11.5 Å². The third-order valence-electron chi connectivity index (χ3n) is 15.3. The van der Waals surface area contributed by atoms with Gasteiger partial charge in [-0.2, -0.15) is 0 Å². The minimum Gasteiger partial charge on any atom is -0.458 e. The van der Waals surface area contributed by atoms with Gasteiger partial charge < -0.3 is 9.30 Å². The minimum absolute atomic E-state index is 0.267. The molecule has 3 heteroatoms. The highest BCUT2D eigenvalue weighted by atomic mass is 28.3. The fourth-order valence-electron chi connectivity index (χ4n) is 12.1. The van der Waals surface area contributed by atoms with E-state index >= 15 is 0 Å². The molecule has 0 spiro atoms. The van der Waals surface area contributed by atoms with Crippen molar-refractivity contribution >= 4 is 72.2 Å². The average molecular weight is 884 g/mol. The molecule has 1 aromatic heterocycles. The highest BCUT2D eigenvalue weighted by Gasteiger charge is 2.49. The molecule has 68 heavy (non-hydrogen) atoms. The molecule has 0 saturated heterocycles. The standard InChI is InChI=1S/C65H45NOSi/c1-65(2)57-40-48(66-59-22-9-7-19-55(59)56-20-8-10-23-60(56)66)31-35-53(57)54-36-34-50(41-58(54)65)68(49-32-28-43(29-33-49)46-27-26-42-14-3-4-16-45(42)38-46)63-25-12-11-24-61(63)67-62-39-47(30-37-64(62)68)52-21-13-17-44-15-5-6-18-51(44)52/h3-41H,1-2H3. The number of fused-ring (bicyclic) bond motifs is 10. The topological polar surface area (TPSA) is 14.2 Å². The maximum Gasteiger partial charge on any atom is 0.188 e. The Morgan fingerprint density at radius 2 is 0.956 bits per heavy atom. The summed E-state index contributed by atoms with van der Waals surface area (Å²) in [6.07, 6.45) is 0. The Hall–Kier alpha value is -8.24. The van der Waals surface area contributed by atoms with E-state index in [9.17, 15) is 0 Å². The Kier molecular flexibility index (Phi) is 8.38. The zero-order valence-corrected chi connectivity index (χ0v) is 38.9. The first-order valence-electron chi connectivity index (χ1n) is 23.7. The molecule has 1 aliphatic heterocycles. The predicted octanol–water partition coefficient (Wildman–Crippen LogP) is 14.2. The van der Waals surface area contributed by atoms with E-state index in [-0.39, 0.29) is 5.41 Å². The smallest absolute Gasteiger partial charge is 0.188 e. The molecular weight excluding hydrogens is 839 g/mol. The van der Waals surface area contributed by atoms with Gasteiger partial charge in [-0.05, 0) is 129 Å². The van der Waals surface area contributed by atoms with Crippen LogP contribution in [0.1, 0.15) is 25.0 Å². The molecule has 2 aliphatic rings. The Morgan fingerprint density at radius 1 is 0.368 bits per heavy atom. The zero-order valence-electron chi connectivity index (χ0n) is 37.9. The summed E-state index contributed by atoms with van der Waals surface area (Å²) < 4.78 is 9.56. The van der Waals surface area contributed by atoms with Crippen molar-refractivity contribution in [3.05, 3.63) is 248 Å². The summed E-state index contributed by atoms with van der Waals surface area (Å²) in [5, 5.41) is 12.7. The van der Waals surface area contributed by atoms with Crippen molar-refractivity contribution in [3.8, 4) is 50.6 Å². The Balaban J connectivity index is 0.975. The molecule has 0 radical (unpaired) electrons. The summed E-state index contributed by atoms with van der Waals surface area (Å²) in [4.78, 5) is 0. The third-order valence-corrected chi connectivity index (χ3v) is 20.1. The molecule has 1 aliphatic carbocycles. The van der Waals surface area contributed by atoms with Crippen LogP contribution in [-0.2, 0) is 5.41 Å². The van der Waals surface area contributed by atoms with Crippen molar-refractivity contribution in [3.63, 3.8) is 0 Å². The molecule has 12 aromatic rings. The van der Waals surface area contributed by atoms with Crippen LogP contribution in [0.2, 0.25) is 0 Å². The Labute approximate surface area is 397 Å². The van der Waals surface area contributed by atoms with E-state index in [0.717, 1.165) is 17.1 Å². The fourth-order valence-corrected chi connectivity index (χ4v) is 17.0. The van der Waals surface area contributed by atoms with Crippen LogP contribution in [-0.4, -0.2) is 12.6 Å². The van der Waals surface area contributed by atoms with E-state index in [4.69, 9.17) is 4.74 Å². The lowest BCUT2D eigenvalue weighted by atomic mass is 9.82. The lowest BCUT2D eigenvalue weighted by Crippen LogP contribution is -2.76. The van der Waals surface area contributed by atoms with Gasteiger partial charge >= 0.3 is 0 Å². The van der Waals surface area contributed by atoms with Gasteiger partial charge in [0.25, 0.3) is 0 Å². The van der Waals surface area contributed by atoms with Gasteiger partial charge in [-0.15, -0.1) is 0 Å². The van der Waals surface area contributed by atoms with Crippen LogP contribution in [0.4, 0.5) is 0 Å². The van der Waals surface area contributed by atoms with Crippen molar-refractivity contribution in [1.29, 1.82) is 0 Å². The molecule has 320 valence electrons. The Bertz CT molecular complexity index is 3990. The van der Waals surface area contributed by atoms with Crippen molar-refractivity contribution < 1.29 is 4.74 Å². The number of benzene rings is 11. The lowest BCUT2D eigenvalue weighted by Gasteiger charge is -2.40. The predicted molar refractivity (Wildman–Crippen MR) is 288 cm³/mol. The number of ether oxygens (including phenoxy) is 1. The largest absolute Gasteiger partial charge is 0.458 e. The number of para-hydroxylation sites is 3. The van der Waals surface area contributed by atoms with Crippen LogP contribution < -0.4 is 25.5 Å². The van der Waals surface area contributed by atoms with Crippen LogP contribution in [0.25, 0.3) is 82.4 Å². The van der Waals surface area contributed by atoms with E-state index in [0.29, 0.717) is 0 Å². The average Bonchev–Trinajstić information content (AvgIpc) is 3.85. The van der Waals surface area contributed by atoms with E-state index < -0.39 is 8.07 Å². The molecule has 2 nitrogen and oxygen atoms in total. The number of hydrogen-bond donors (Lipinski definition) is 0. The highest BCUT2D eigenvalue weighted by Crippen LogP contribution is 2.50. The molecule has 14 rings (SSSR count). The summed E-state index contributed by atoms with van der Waals surface area (Å²) in [5.74, 6) is 1.86. The van der Waals surface area contributed by atoms with E-state index in [1.54, 1.807) is 0 Å². The molecule has 0 saturated carbocycles. The first kappa shape index (κ1) is 39.0. The summed E-state index contributed by atoms with van der Waals surface area (Å²) in [6.45, 7) is 4.85. The SMILES string of the molecule is CC1(C)c2cc(-n3c4ccccc4c4ccccc43)ccc2-c2ccc([Si]3(c4ccc(-c5ccc6ccccc6c5)cc4)c4ccccc4Oc4cc(-c5cccc6ccccc56)ccc43)cc21. The fraction of sp³-hybridized carbons (Fsp3) is 0.0462. The molecule has 1 unspecified atom stereocenters. The molecule has 0 bridgehead atoms. The summed E-state index contributed by atoms with van der Waals surface area (Å²) in [6, 6.07) is 88.4. The van der Waals surface area contributed by atoms with Gasteiger partial charge in [0.05, 0.1) is 11.0 Å². The molecule has 2 heterocycles. The molecular formula is C65H45NOSi. The minimum atomic E-state index is -3.07. The zero-order chi connectivity index (χ0) is 45.1. The van der Waals surface area contributed by atoms with Gasteiger partial charge in [-0.25, -0.2) is 0 Å². The maximum absolute atomic E-state index is 7.11. The van der Waals surface area contributed by atoms with E-state index in [1.807, 2.05) is 0 Å². The first-order chi connectivity index (χ1) is 33.4. The molecule has 0 fully saturated rings. The second kappa shape index (κ2) is 14.6. The van der Waals surface area contributed by atoms with Gasteiger partial charge in [-0.1, -0.05) is 208 Å². The van der Waals surface area contributed by atoms with Crippen LogP contribution >= 0.6 is 0 Å². The van der Waals surface area contributed by atoms with E-state index in [2.05, 4.69) is 255 Å². The summed E-state index contributed by atoms with van der Waals surface area (Å²) in [7, 11) is -3.07. The normalized spacial score (nSPS) is 15.5. The van der Waals surface area contributed by atoms with Crippen molar-refractivity contribution in [2.75, 3.05) is 0 Å². The van der Waals surface area contributed by atoms with Crippen molar-refractivity contribution in [2.24, 2.45) is 0 Å². The van der Waals surface area contributed by atoms with E-state index in [1.165, 1.54) is 109 Å². The van der Waals surface area contributed by atoms with Gasteiger partial charge in [0.15, 0.2) is 8.07 Å². The Morgan fingerprint density at radius 3 is 1.75 bits per heavy atom. The molecule has 1 atom stereocenters.